The number of rotatable bonds is 6. The van der Waals surface area contributed by atoms with Crippen LogP contribution in [0.25, 0.3) is 0 Å². The Morgan fingerprint density at radius 3 is 2.57 bits per heavy atom. The molecule has 1 aromatic carbocycles. The molecule has 1 rings (SSSR count). The van der Waals surface area contributed by atoms with Crippen molar-refractivity contribution >= 4 is 40.5 Å². The van der Waals surface area contributed by atoms with Crippen LogP contribution in [0.3, 0.4) is 0 Å². The van der Waals surface area contributed by atoms with Gasteiger partial charge in [0.1, 0.15) is 16.6 Å². The van der Waals surface area contributed by atoms with Gasteiger partial charge < -0.3 is 4.72 Å². The molecular formula is C11H10N4O4S2. The number of hydrogen-bond donors (Lipinski definition) is 1. The summed E-state index contributed by atoms with van der Waals surface area (Å²) in [4.78, 5) is 20.3. The van der Waals surface area contributed by atoms with Crippen LogP contribution in [-0.2, 0) is 0 Å². The van der Waals surface area contributed by atoms with Crippen LogP contribution in [0.1, 0.15) is 24.5 Å². The highest BCUT2D eigenvalue weighted by molar-refractivity contribution is 7.99. The first-order chi connectivity index (χ1) is 9.92. The van der Waals surface area contributed by atoms with Crippen molar-refractivity contribution in [2.45, 2.75) is 13.3 Å². The summed E-state index contributed by atoms with van der Waals surface area (Å²) in [6.07, 6.45) is 0.869. The molecule has 0 saturated carbocycles. The summed E-state index contributed by atoms with van der Waals surface area (Å²) >= 11 is 6.30. The minimum Gasteiger partial charge on any atom is -0.320 e. The van der Waals surface area contributed by atoms with Crippen molar-refractivity contribution < 1.29 is 9.85 Å². The Hall–Kier alpha value is -2.25. The van der Waals surface area contributed by atoms with E-state index in [2.05, 4.69) is 4.72 Å². The van der Waals surface area contributed by atoms with Crippen molar-refractivity contribution in [1.29, 1.82) is 5.26 Å². The van der Waals surface area contributed by atoms with Gasteiger partial charge in [0, 0.05) is 11.8 Å². The fraction of sp³-hybridized carbons (Fsp3) is 0.273. The van der Waals surface area contributed by atoms with Gasteiger partial charge in [0.15, 0.2) is 0 Å². The maximum atomic E-state index is 11.1. The Morgan fingerprint density at radius 2 is 2.10 bits per heavy atom. The number of benzene rings is 1. The highest BCUT2D eigenvalue weighted by Gasteiger charge is 2.26. The van der Waals surface area contributed by atoms with Crippen LogP contribution in [0.4, 0.5) is 11.4 Å². The molecule has 0 bridgehead atoms. The Bertz CT molecular complexity index is 642. The number of nitrogens with one attached hydrogen (secondary N) is 1. The lowest BCUT2D eigenvalue weighted by molar-refractivity contribution is -0.394. The van der Waals surface area contributed by atoms with Crippen LogP contribution in [-0.4, -0.2) is 20.6 Å². The zero-order valence-electron chi connectivity index (χ0n) is 10.9. The maximum absolute atomic E-state index is 11.1. The lowest BCUT2D eigenvalue weighted by atomic mass is 10.1. The molecule has 0 amide bonds. The Morgan fingerprint density at radius 1 is 1.43 bits per heavy atom. The Labute approximate surface area is 129 Å². The van der Waals surface area contributed by atoms with Gasteiger partial charge >= 0.3 is 0 Å². The van der Waals surface area contributed by atoms with E-state index in [0.29, 0.717) is 0 Å². The summed E-state index contributed by atoms with van der Waals surface area (Å²) in [5.74, 6) is 0.725. The van der Waals surface area contributed by atoms with Gasteiger partial charge in [-0.05, 0) is 6.42 Å². The third-order valence-electron chi connectivity index (χ3n) is 2.33. The van der Waals surface area contributed by atoms with E-state index in [1.807, 2.05) is 6.92 Å². The summed E-state index contributed by atoms with van der Waals surface area (Å²) in [5.41, 5.74) is -1.39. The van der Waals surface area contributed by atoms with E-state index in [9.17, 15) is 20.2 Å². The molecule has 0 fully saturated rings. The third-order valence-corrected chi connectivity index (χ3v) is 3.72. The predicted octanol–water partition coefficient (Wildman–Crippen LogP) is 2.70. The highest BCUT2D eigenvalue weighted by atomic mass is 32.2. The molecule has 1 N–H and O–H groups in total. The van der Waals surface area contributed by atoms with Gasteiger partial charge in [-0.2, -0.15) is 5.26 Å². The first-order valence-corrected chi connectivity index (χ1v) is 7.10. The minimum absolute atomic E-state index is 0.00611. The van der Waals surface area contributed by atoms with Crippen molar-refractivity contribution in [2.24, 2.45) is 0 Å². The first kappa shape index (κ1) is 16.8. The molecule has 0 spiro atoms. The molecule has 8 nitrogen and oxygen atoms in total. The minimum atomic E-state index is -0.792. The van der Waals surface area contributed by atoms with E-state index in [1.54, 1.807) is 6.07 Å². The van der Waals surface area contributed by atoms with Gasteiger partial charge in [-0.25, -0.2) is 0 Å². The first-order valence-electron chi connectivity index (χ1n) is 5.71. The molecule has 0 radical (unpaired) electrons. The largest absolute Gasteiger partial charge is 0.320 e. The average Bonchev–Trinajstić information content (AvgIpc) is 2.45. The summed E-state index contributed by atoms with van der Waals surface area (Å²) in [7, 11) is 0. The molecule has 110 valence electrons. The molecule has 1 aromatic rings. The highest BCUT2D eigenvalue weighted by Crippen LogP contribution is 2.29. The third kappa shape index (κ3) is 4.11. The fourth-order valence-electron chi connectivity index (χ4n) is 1.46. The van der Waals surface area contributed by atoms with E-state index in [-0.39, 0.29) is 16.1 Å². The standard InChI is InChI=1S/C11H10N4O4S2/c1-2-3-21-13-11(20)10-7(6-12)4-8(14(16)17)5-9(10)15(18)19/h4-5H,2-3H2,1H3,(H,13,20). The van der Waals surface area contributed by atoms with Crippen molar-refractivity contribution in [3.8, 4) is 6.07 Å². The van der Waals surface area contributed by atoms with E-state index in [4.69, 9.17) is 17.5 Å². The van der Waals surface area contributed by atoms with Crippen LogP contribution >= 0.6 is 24.2 Å². The lowest BCUT2D eigenvalue weighted by Crippen LogP contribution is -2.18. The van der Waals surface area contributed by atoms with Gasteiger partial charge in [0.2, 0.25) is 0 Å². The smallest absolute Gasteiger partial charge is 0.287 e. The zero-order chi connectivity index (χ0) is 16.0. The summed E-state index contributed by atoms with van der Waals surface area (Å²) in [6.45, 7) is 1.95. The number of thiocarbonyl (C=S) groups is 1. The number of nitro benzene ring substituents is 2. The van der Waals surface area contributed by atoms with Gasteiger partial charge in [0.25, 0.3) is 11.4 Å². The normalized spacial score (nSPS) is 9.71. The van der Waals surface area contributed by atoms with Gasteiger partial charge in [0.05, 0.1) is 21.5 Å². The van der Waals surface area contributed by atoms with E-state index < -0.39 is 21.2 Å². The Kier molecular flexibility index (Phi) is 6.01. The zero-order valence-corrected chi connectivity index (χ0v) is 12.5. The quantitative estimate of drug-likeness (QED) is 0.278. The number of nitro groups is 2. The second-order valence-corrected chi connectivity index (χ2v) is 5.10. The summed E-state index contributed by atoms with van der Waals surface area (Å²) in [6, 6.07) is 3.49. The van der Waals surface area contributed by atoms with E-state index in [1.165, 1.54) is 11.9 Å². The predicted molar refractivity (Wildman–Crippen MR) is 82.1 cm³/mol. The van der Waals surface area contributed by atoms with Crippen LogP contribution in [0, 0.1) is 31.6 Å². The monoisotopic (exact) mass is 326 g/mol. The van der Waals surface area contributed by atoms with Crippen LogP contribution in [0.15, 0.2) is 12.1 Å². The summed E-state index contributed by atoms with van der Waals surface area (Å²) < 4.78 is 2.74. The van der Waals surface area contributed by atoms with Crippen molar-refractivity contribution in [3.63, 3.8) is 0 Å². The second-order valence-electron chi connectivity index (χ2n) is 3.79. The van der Waals surface area contributed by atoms with Crippen LogP contribution in [0.2, 0.25) is 0 Å². The summed E-state index contributed by atoms with van der Waals surface area (Å²) in [5, 5.41) is 30.9. The molecule has 0 aliphatic rings. The van der Waals surface area contributed by atoms with Crippen LogP contribution in [0.5, 0.6) is 0 Å². The number of hydrogen-bond acceptors (Lipinski definition) is 7. The molecule has 0 atom stereocenters. The fourth-order valence-corrected chi connectivity index (χ4v) is 2.39. The topological polar surface area (TPSA) is 122 Å². The molecule has 21 heavy (non-hydrogen) atoms. The molecule has 0 saturated heterocycles. The van der Waals surface area contributed by atoms with E-state index >= 15 is 0 Å². The van der Waals surface area contributed by atoms with Gasteiger partial charge in [-0.1, -0.05) is 31.1 Å². The molecular weight excluding hydrogens is 316 g/mol. The molecule has 0 heterocycles. The average molecular weight is 326 g/mol. The molecule has 10 heteroatoms. The van der Waals surface area contributed by atoms with Crippen molar-refractivity contribution in [2.75, 3.05) is 5.75 Å². The molecule has 0 unspecified atom stereocenters. The molecule has 0 aliphatic carbocycles. The Balaban J connectivity index is 3.35. The molecule has 0 aliphatic heterocycles. The van der Waals surface area contributed by atoms with Gasteiger partial charge in [-0.3, -0.25) is 20.2 Å². The van der Waals surface area contributed by atoms with Gasteiger partial charge in [-0.15, -0.1) is 0 Å². The number of nitrogens with zero attached hydrogens (tertiary/aromatic N) is 3. The number of non-ortho nitro benzene ring substituents is 1. The molecule has 0 aromatic heterocycles. The van der Waals surface area contributed by atoms with Crippen molar-refractivity contribution in [3.05, 3.63) is 43.5 Å². The van der Waals surface area contributed by atoms with Crippen molar-refractivity contribution in [1.82, 2.24) is 4.72 Å². The number of nitriles is 1. The van der Waals surface area contributed by atoms with Crippen LogP contribution < -0.4 is 4.72 Å². The maximum Gasteiger partial charge on any atom is 0.287 e. The SMILES string of the molecule is CCCSNC(=S)c1c(C#N)cc([N+](=O)[O-])cc1[N+](=O)[O-]. The second kappa shape index (κ2) is 7.51. The van der Waals surface area contributed by atoms with E-state index in [0.717, 1.165) is 24.3 Å². The lowest BCUT2D eigenvalue weighted by Gasteiger charge is -2.08.